The first-order valence-electron chi connectivity index (χ1n) is 11.5. The molecule has 2 unspecified atom stereocenters. The number of benzene rings is 2. The molecule has 0 aromatic heterocycles. The number of halogens is 2. The highest BCUT2D eigenvalue weighted by atomic mass is 35.5. The van der Waals surface area contributed by atoms with Crippen LogP contribution in [0.5, 0.6) is 0 Å². The Morgan fingerprint density at radius 1 is 1.00 bits per heavy atom. The first kappa shape index (κ1) is 26.2. The summed E-state index contributed by atoms with van der Waals surface area (Å²) < 4.78 is 33.8. The molecule has 0 radical (unpaired) electrons. The van der Waals surface area contributed by atoms with E-state index in [2.05, 4.69) is 22.2 Å². The number of amides is 1. The van der Waals surface area contributed by atoms with E-state index >= 15 is 0 Å². The highest BCUT2D eigenvalue weighted by Gasteiger charge is 2.34. The SMILES string of the molecule is CC1CN(S(=O)(=O)c2cc(C(=O)Nc3cc(Cl)ccc3N3CCN(C)CC3)ccc2Cl)CC(C)O1. The summed E-state index contributed by atoms with van der Waals surface area (Å²) in [5, 5.41) is 3.48. The number of nitrogens with one attached hydrogen (secondary N) is 1. The fourth-order valence-electron chi connectivity index (χ4n) is 4.43. The number of piperazine rings is 1. The van der Waals surface area contributed by atoms with Crippen LogP contribution in [-0.2, 0) is 14.8 Å². The van der Waals surface area contributed by atoms with Gasteiger partial charge in [-0.3, -0.25) is 4.79 Å². The van der Waals surface area contributed by atoms with Crippen LogP contribution in [0.25, 0.3) is 0 Å². The van der Waals surface area contributed by atoms with Crippen LogP contribution < -0.4 is 10.2 Å². The van der Waals surface area contributed by atoms with Gasteiger partial charge >= 0.3 is 0 Å². The smallest absolute Gasteiger partial charge is 0.255 e. The summed E-state index contributed by atoms with van der Waals surface area (Å²) in [5.41, 5.74) is 1.63. The van der Waals surface area contributed by atoms with Crippen LogP contribution in [0.2, 0.25) is 10.0 Å². The second-order valence-corrected chi connectivity index (χ2v) is 11.9. The van der Waals surface area contributed by atoms with Gasteiger partial charge in [0.05, 0.1) is 28.6 Å². The summed E-state index contributed by atoms with van der Waals surface area (Å²) in [6.07, 6.45) is -0.482. The molecule has 2 aromatic rings. The van der Waals surface area contributed by atoms with Gasteiger partial charge in [-0.25, -0.2) is 8.42 Å². The van der Waals surface area contributed by atoms with Crippen LogP contribution in [0.4, 0.5) is 11.4 Å². The maximum atomic E-state index is 13.4. The second kappa shape index (κ2) is 10.6. The van der Waals surface area contributed by atoms with Crippen LogP contribution in [0.3, 0.4) is 0 Å². The predicted molar refractivity (Wildman–Crippen MR) is 139 cm³/mol. The van der Waals surface area contributed by atoms with Crippen molar-refractivity contribution >= 4 is 50.5 Å². The predicted octanol–water partition coefficient (Wildman–Crippen LogP) is 3.80. The molecule has 2 heterocycles. The van der Waals surface area contributed by atoms with E-state index in [1.165, 1.54) is 22.5 Å². The first-order valence-corrected chi connectivity index (χ1v) is 13.7. The lowest BCUT2D eigenvalue weighted by molar-refractivity contribution is -0.0440. The van der Waals surface area contributed by atoms with Crippen LogP contribution in [0, 0.1) is 0 Å². The van der Waals surface area contributed by atoms with Crippen molar-refractivity contribution < 1.29 is 17.9 Å². The molecule has 2 atom stereocenters. The third kappa shape index (κ3) is 5.93. The van der Waals surface area contributed by atoms with Gasteiger partial charge in [-0.15, -0.1) is 0 Å². The number of nitrogens with zero attached hydrogens (tertiary/aromatic N) is 3. The van der Waals surface area contributed by atoms with Gasteiger partial charge in [-0.2, -0.15) is 4.31 Å². The van der Waals surface area contributed by atoms with Crippen LogP contribution in [0.1, 0.15) is 24.2 Å². The van der Waals surface area contributed by atoms with E-state index in [1.54, 1.807) is 12.1 Å². The molecule has 1 amide bonds. The summed E-state index contributed by atoms with van der Waals surface area (Å²) in [7, 11) is -1.84. The van der Waals surface area contributed by atoms with E-state index in [0.717, 1.165) is 31.9 Å². The monoisotopic (exact) mass is 540 g/mol. The number of anilines is 2. The lowest BCUT2D eigenvalue weighted by Crippen LogP contribution is -2.48. The summed E-state index contributed by atoms with van der Waals surface area (Å²) in [6, 6.07) is 9.68. The van der Waals surface area contributed by atoms with Gasteiger partial charge in [-0.1, -0.05) is 23.2 Å². The fourth-order valence-corrected chi connectivity index (χ4v) is 6.70. The number of carbonyl (C=O) groups excluding carboxylic acids is 1. The Labute approximate surface area is 216 Å². The third-order valence-corrected chi connectivity index (χ3v) is 8.80. The minimum absolute atomic E-state index is 0.0641. The molecule has 2 aromatic carbocycles. The topological polar surface area (TPSA) is 82.2 Å². The van der Waals surface area contributed by atoms with Crippen molar-refractivity contribution in [2.45, 2.75) is 31.0 Å². The summed E-state index contributed by atoms with van der Waals surface area (Å²) >= 11 is 12.5. The van der Waals surface area contributed by atoms with Crippen molar-refractivity contribution in [2.24, 2.45) is 0 Å². The fraction of sp³-hybridized carbons (Fsp3) is 0.458. The van der Waals surface area contributed by atoms with E-state index < -0.39 is 15.9 Å². The number of sulfonamides is 1. The highest BCUT2D eigenvalue weighted by Crippen LogP contribution is 2.32. The van der Waals surface area contributed by atoms with Crippen molar-refractivity contribution in [3.8, 4) is 0 Å². The summed E-state index contributed by atoms with van der Waals surface area (Å²) in [4.78, 5) is 17.6. The molecule has 1 N–H and O–H groups in total. The van der Waals surface area contributed by atoms with Gasteiger partial charge in [0.25, 0.3) is 5.91 Å². The number of rotatable bonds is 5. The molecule has 0 bridgehead atoms. The van der Waals surface area contributed by atoms with Gasteiger partial charge in [0.15, 0.2) is 0 Å². The molecule has 0 saturated carbocycles. The Kier molecular flexibility index (Phi) is 7.95. The molecule has 0 spiro atoms. The first-order chi connectivity index (χ1) is 16.5. The lowest BCUT2D eigenvalue weighted by atomic mass is 10.1. The van der Waals surface area contributed by atoms with E-state index in [9.17, 15) is 13.2 Å². The van der Waals surface area contributed by atoms with E-state index in [1.807, 2.05) is 19.9 Å². The average Bonchev–Trinajstić information content (AvgIpc) is 2.79. The standard InChI is InChI=1S/C24H30Cl2N4O4S/c1-16-14-30(15-17(2)34-16)35(32,33)23-12-18(4-6-20(23)26)24(31)27-21-13-19(25)5-7-22(21)29-10-8-28(3)9-11-29/h4-7,12-13,16-17H,8-11,14-15H2,1-3H3,(H,27,31). The number of likely N-dealkylation sites (N-methyl/N-ethyl adjacent to an activating group) is 1. The minimum Gasteiger partial charge on any atom is -0.373 e. The third-order valence-electron chi connectivity index (χ3n) is 6.25. The van der Waals surface area contributed by atoms with Crippen molar-refractivity contribution in [1.29, 1.82) is 0 Å². The van der Waals surface area contributed by atoms with E-state index in [0.29, 0.717) is 10.7 Å². The molecule has 35 heavy (non-hydrogen) atoms. The number of hydrogen-bond acceptors (Lipinski definition) is 6. The zero-order chi connectivity index (χ0) is 25.3. The Hall–Kier alpha value is -1.88. The second-order valence-electron chi connectivity index (χ2n) is 9.13. The number of ether oxygens (including phenoxy) is 1. The molecular formula is C24H30Cl2N4O4S. The molecule has 8 nitrogen and oxygen atoms in total. The summed E-state index contributed by atoms with van der Waals surface area (Å²) in [6.45, 7) is 7.55. The molecule has 11 heteroatoms. The van der Waals surface area contributed by atoms with E-state index in [4.69, 9.17) is 27.9 Å². The zero-order valence-corrected chi connectivity index (χ0v) is 22.3. The Morgan fingerprint density at radius 3 is 2.31 bits per heavy atom. The Morgan fingerprint density at radius 2 is 1.66 bits per heavy atom. The largest absolute Gasteiger partial charge is 0.373 e. The summed E-state index contributed by atoms with van der Waals surface area (Å²) in [5.74, 6) is -0.445. The van der Waals surface area contributed by atoms with Crippen molar-refractivity contribution in [1.82, 2.24) is 9.21 Å². The quantitative estimate of drug-likeness (QED) is 0.621. The molecule has 190 valence electrons. The van der Waals surface area contributed by atoms with Crippen LogP contribution >= 0.6 is 23.2 Å². The van der Waals surface area contributed by atoms with Gasteiger partial charge in [0.2, 0.25) is 10.0 Å². The minimum atomic E-state index is -3.92. The van der Waals surface area contributed by atoms with Gasteiger partial charge in [-0.05, 0) is 57.3 Å². The molecule has 2 saturated heterocycles. The Bertz CT molecular complexity index is 1190. The number of hydrogen-bond donors (Lipinski definition) is 1. The molecule has 2 aliphatic heterocycles. The van der Waals surface area contributed by atoms with Gasteiger partial charge in [0.1, 0.15) is 4.90 Å². The van der Waals surface area contributed by atoms with Crippen LogP contribution in [-0.4, -0.2) is 82.1 Å². The zero-order valence-electron chi connectivity index (χ0n) is 20.0. The maximum absolute atomic E-state index is 13.4. The highest BCUT2D eigenvalue weighted by molar-refractivity contribution is 7.89. The van der Waals surface area contributed by atoms with Gasteiger partial charge < -0.3 is 19.9 Å². The van der Waals surface area contributed by atoms with Crippen molar-refractivity contribution in [2.75, 3.05) is 56.5 Å². The Balaban J connectivity index is 1.60. The average molecular weight is 542 g/mol. The molecule has 2 fully saturated rings. The maximum Gasteiger partial charge on any atom is 0.255 e. The normalized spacial score (nSPS) is 22.3. The van der Waals surface area contributed by atoms with Crippen molar-refractivity contribution in [3.63, 3.8) is 0 Å². The lowest BCUT2D eigenvalue weighted by Gasteiger charge is -2.35. The van der Waals surface area contributed by atoms with E-state index in [-0.39, 0.29) is 40.8 Å². The number of carbonyl (C=O) groups is 1. The van der Waals surface area contributed by atoms with Crippen molar-refractivity contribution in [3.05, 3.63) is 52.0 Å². The molecule has 0 aliphatic carbocycles. The number of morpholine rings is 1. The molecule has 2 aliphatic rings. The molecule has 4 rings (SSSR count). The molecular weight excluding hydrogens is 511 g/mol. The van der Waals surface area contributed by atoms with Crippen LogP contribution in [0.15, 0.2) is 41.3 Å². The van der Waals surface area contributed by atoms with Gasteiger partial charge in [0, 0.05) is 49.9 Å².